The molecule has 2 aromatic carbocycles. The van der Waals surface area contributed by atoms with Crippen LogP contribution in [-0.4, -0.2) is 60.4 Å². The number of hydrogen-bond donors (Lipinski definition) is 1. The van der Waals surface area contributed by atoms with Gasteiger partial charge in [0.15, 0.2) is 0 Å². The van der Waals surface area contributed by atoms with Crippen molar-refractivity contribution in [3.63, 3.8) is 0 Å². The van der Waals surface area contributed by atoms with Crippen LogP contribution in [0.3, 0.4) is 0 Å². The Balaban J connectivity index is 1.32. The molecule has 0 bridgehead atoms. The van der Waals surface area contributed by atoms with Crippen LogP contribution < -0.4 is 19.7 Å². The number of imidazole rings is 1. The lowest BCUT2D eigenvalue weighted by molar-refractivity contribution is 0.192. The SMILES string of the molecule is CCOc1ccc(CN(CCCn2ccnc2)C(=O)NCC2CCN(c3cccc(OC)c3)C2)cc1. The van der Waals surface area contributed by atoms with Crippen LogP contribution in [0, 0.1) is 5.92 Å². The number of nitrogens with one attached hydrogen (secondary N) is 1. The van der Waals surface area contributed by atoms with Gasteiger partial charge in [0.25, 0.3) is 0 Å². The third-order valence-electron chi connectivity index (χ3n) is 6.54. The fourth-order valence-electron chi connectivity index (χ4n) is 4.58. The van der Waals surface area contributed by atoms with E-state index in [0.29, 0.717) is 32.2 Å². The Morgan fingerprint density at radius 3 is 2.81 bits per heavy atom. The van der Waals surface area contributed by atoms with E-state index in [4.69, 9.17) is 9.47 Å². The molecule has 2 amide bonds. The third-order valence-corrected chi connectivity index (χ3v) is 6.54. The lowest BCUT2D eigenvalue weighted by atomic mass is 10.1. The van der Waals surface area contributed by atoms with Crippen LogP contribution in [0.5, 0.6) is 11.5 Å². The molecule has 1 N–H and O–H groups in total. The van der Waals surface area contributed by atoms with Crippen LogP contribution >= 0.6 is 0 Å². The van der Waals surface area contributed by atoms with Gasteiger partial charge in [0, 0.05) is 63.4 Å². The maximum atomic E-state index is 13.2. The Bertz CT molecular complexity index is 1070. The summed E-state index contributed by atoms with van der Waals surface area (Å²) in [5, 5.41) is 3.21. The van der Waals surface area contributed by atoms with Gasteiger partial charge in [0.05, 0.1) is 20.0 Å². The first kappa shape index (κ1) is 25.4. The molecule has 1 saturated heterocycles. The van der Waals surface area contributed by atoms with Crippen molar-refractivity contribution in [1.29, 1.82) is 0 Å². The highest BCUT2D eigenvalue weighted by Crippen LogP contribution is 2.26. The standard InChI is InChI=1S/C28H37N5O3/c1-3-36-26-10-8-23(9-11-26)20-33(15-5-14-31-17-13-29-22-31)28(34)30-19-24-12-16-32(21-24)25-6-4-7-27(18-25)35-2/h4,6-11,13,17-18,22,24H,3,5,12,14-16,19-21H2,1-2H3,(H,30,34). The van der Waals surface area contributed by atoms with Crippen molar-refractivity contribution < 1.29 is 14.3 Å². The van der Waals surface area contributed by atoms with Gasteiger partial charge in [-0.25, -0.2) is 9.78 Å². The molecule has 8 nitrogen and oxygen atoms in total. The molecule has 36 heavy (non-hydrogen) atoms. The summed E-state index contributed by atoms with van der Waals surface area (Å²) in [6.45, 7) is 7.23. The van der Waals surface area contributed by atoms with Crippen LogP contribution in [-0.2, 0) is 13.1 Å². The second-order valence-electron chi connectivity index (χ2n) is 9.14. The molecular weight excluding hydrogens is 454 g/mol. The number of carbonyl (C=O) groups excluding carboxylic acids is 1. The zero-order valence-corrected chi connectivity index (χ0v) is 21.3. The van der Waals surface area contributed by atoms with Gasteiger partial charge in [-0.1, -0.05) is 18.2 Å². The van der Waals surface area contributed by atoms with E-state index in [0.717, 1.165) is 49.5 Å². The number of anilines is 1. The van der Waals surface area contributed by atoms with Gasteiger partial charge in [-0.3, -0.25) is 0 Å². The molecular formula is C28H37N5O3. The summed E-state index contributed by atoms with van der Waals surface area (Å²) in [6.07, 6.45) is 7.45. The molecule has 1 aromatic heterocycles. The molecule has 0 aliphatic carbocycles. The first-order valence-electron chi connectivity index (χ1n) is 12.7. The van der Waals surface area contributed by atoms with Gasteiger partial charge < -0.3 is 29.2 Å². The van der Waals surface area contributed by atoms with E-state index in [1.54, 1.807) is 13.3 Å². The Kier molecular flexibility index (Phi) is 9.08. The number of carbonyl (C=O) groups is 1. The highest BCUT2D eigenvalue weighted by atomic mass is 16.5. The minimum Gasteiger partial charge on any atom is -0.497 e. The molecule has 1 aliphatic heterocycles. The van der Waals surface area contributed by atoms with Gasteiger partial charge in [0.1, 0.15) is 11.5 Å². The number of ether oxygens (including phenoxy) is 2. The Labute approximate surface area is 213 Å². The summed E-state index contributed by atoms with van der Waals surface area (Å²) in [6, 6.07) is 16.1. The molecule has 0 spiro atoms. The van der Waals surface area contributed by atoms with Crippen molar-refractivity contribution in [3.05, 3.63) is 72.8 Å². The second-order valence-corrected chi connectivity index (χ2v) is 9.14. The zero-order chi connectivity index (χ0) is 25.2. The van der Waals surface area contributed by atoms with Crippen LogP contribution in [0.25, 0.3) is 0 Å². The average molecular weight is 492 g/mol. The third kappa shape index (κ3) is 7.16. The summed E-state index contributed by atoms with van der Waals surface area (Å²) in [4.78, 5) is 21.6. The largest absolute Gasteiger partial charge is 0.497 e. The number of amides is 2. The maximum absolute atomic E-state index is 13.2. The highest BCUT2D eigenvalue weighted by molar-refractivity contribution is 5.74. The highest BCUT2D eigenvalue weighted by Gasteiger charge is 2.24. The molecule has 8 heteroatoms. The van der Waals surface area contributed by atoms with Gasteiger partial charge in [-0.15, -0.1) is 0 Å². The lowest BCUT2D eigenvalue weighted by Crippen LogP contribution is -2.42. The summed E-state index contributed by atoms with van der Waals surface area (Å²) < 4.78 is 13.0. The van der Waals surface area contributed by atoms with E-state index in [2.05, 4.69) is 27.3 Å². The molecule has 2 heterocycles. The molecule has 3 aromatic rings. The molecule has 192 valence electrons. The number of nitrogens with zero attached hydrogens (tertiary/aromatic N) is 4. The fourth-order valence-corrected chi connectivity index (χ4v) is 4.58. The van der Waals surface area contributed by atoms with Gasteiger partial charge in [-0.2, -0.15) is 0 Å². The smallest absolute Gasteiger partial charge is 0.317 e. The van der Waals surface area contributed by atoms with Gasteiger partial charge >= 0.3 is 6.03 Å². The number of benzene rings is 2. The van der Waals surface area contributed by atoms with E-state index in [-0.39, 0.29) is 6.03 Å². The van der Waals surface area contributed by atoms with Crippen molar-refractivity contribution >= 4 is 11.7 Å². The van der Waals surface area contributed by atoms with Crippen LogP contribution in [0.4, 0.5) is 10.5 Å². The Hall–Kier alpha value is -3.68. The molecule has 1 unspecified atom stereocenters. The lowest BCUT2D eigenvalue weighted by Gasteiger charge is -2.25. The molecule has 1 aliphatic rings. The topological polar surface area (TPSA) is 71.9 Å². The monoisotopic (exact) mass is 491 g/mol. The van der Waals surface area contributed by atoms with Crippen molar-refractivity contribution in [2.24, 2.45) is 5.92 Å². The summed E-state index contributed by atoms with van der Waals surface area (Å²) in [7, 11) is 1.69. The molecule has 1 fully saturated rings. The number of hydrogen-bond acceptors (Lipinski definition) is 5. The molecule has 1 atom stereocenters. The molecule has 0 saturated carbocycles. The fraction of sp³-hybridized carbons (Fsp3) is 0.429. The first-order valence-corrected chi connectivity index (χ1v) is 12.7. The predicted octanol–water partition coefficient (Wildman–Crippen LogP) is 4.42. The number of rotatable bonds is 12. The summed E-state index contributed by atoms with van der Waals surface area (Å²) >= 11 is 0. The quantitative estimate of drug-likeness (QED) is 0.406. The number of aryl methyl sites for hydroxylation is 1. The van der Waals surface area contributed by atoms with E-state index in [9.17, 15) is 4.79 Å². The number of methoxy groups -OCH3 is 1. The van der Waals surface area contributed by atoms with Gasteiger partial charge in [0.2, 0.25) is 0 Å². The molecule has 0 radical (unpaired) electrons. The normalized spacial score (nSPS) is 15.1. The van der Waals surface area contributed by atoms with Crippen molar-refractivity contribution in [2.45, 2.75) is 32.9 Å². The minimum atomic E-state index is -0.0191. The maximum Gasteiger partial charge on any atom is 0.317 e. The van der Waals surface area contributed by atoms with Crippen molar-refractivity contribution in [1.82, 2.24) is 19.8 Å². The van der Waals surface area contributed by atoms with Crippen LogP contribution in [0.15, 0.2) is 67.3 Å². The zero-order valence-electron chi connectivity index (χ0n) is 21.3. The Morgan fingerprint density at radius 1 is 1.19 bits per heavy atom. The average Bonchev–Trinajstić information content (AvgIpc) is 3.60. The second kappa shape index (κ2) is 12.9. The summed E-state index contributed by atoms with van der Waals surface area (Å²) in [5.41, 5.74) is 2.25. The van der Waals surface area contributed by atoms with Crippen LogP contribution in [0.1, 0.15) is 25.3 Å². The summed E-state index contributed by atoms with van der Waals surface area (Å²) in [5.74, 6) is 2.13. The first-order chi connectivity index (χ1) is 17.6. The number of aromatic nitrogens is 2. The van der Waals surface area contributed by atoms with E-state index < -0.39 is 0 Å². The predicted molar refractivity (Wildman–Crippen MR) is 142 cm³/mol. The van der Waals surface area contributed by atoms with Crippen LogP contribution in [0.2, 0.25) is 0 Å². The van der Waals surface area contributed by atoms with E-state index >= 15 is 0 Å². The minimum absolute atomic E-state index is 0.0191. The number of urea groups is 1. The molecule has 4 rings (SSSR count). The Morgan fingerprint density at radius 2 is 2.06 bits per heavy atom. The van der Waals surface area contributed by atoms with Gasteiger partial charge in [-0.05, 0) is 55.5 Å². The van der Waals surface area contributed by atoms with E-state index in [1.165, 1.54) is 5.69 Å². The van der Waals surface area contributed by atoms with Crippen molar-refractivity contribution in [2.75, 3.05) is 44.8 Å². The van der Waals surface area contributed by atoms with Crippen molar-refractivity contribution in [3.8, 4) is 11.5 Å². The van der Waals surface area contributed by atoms with E-state index in [1.807, 2.05) is 65.3 Å².